The molecule has 0 saturated heterocycles. The smallest absolute Gasteiger partial charge is 0.0354 e. The van der Waals surface area contributed by atoms with Gasteiger partial charge < -0.3 is 10.6 Å². The Bertz CT molecular complexity index is 217. The van der Waals surface area contributed by atoms with Crippen LogP contribution in [0.15, 0.2) is 0 Å². The van der Waals surface area contributed by atoms with Crippen molar-refractivity contribution in [2.45, 2.75) is 83.2 Å². The highest BCUT2D eigenvalue weighted by Gasteiger charge is 2.39. The maximum atomic E-state index is 6.64. The van der Waals surface area contributed by atoms with E-state index < -0.39 is 0 Å². The van der Waals surface area contributed by atoms with Crippen LogP contribution in [0.25, 0.3) is 0 Å². The third-order valence-corrected chi connectivity index (χ3v) is 4.99. The normalized spacial score (nSPS) is 23.7. The second-order valence-corrected chi connectivity index (χ2v) is 6.65. The van der Waals surface area contributed by atoms with Gasteiger partial charge in [-0.1, -0.05) is 52.4 Å². The predicted molar refractivity (Wildman–Crippen MR) is 80.8 cm³/mol. The van der Waals surface area contributed by atoms with Gasteiger partial charge in [-0.15, -0.1) is 0 Å². The van der Waals surface area contributed by atoms with Gasteiger partial charge in [-0.05, 0) is 39.3 Å². The fourth-order valence-corrected chi connectivity index (χ4v) is 3.75. The van der Waals surface area contributed by atoms with Crippen molar-refractivity contribution in [3.63, 3.8) is 0 Å². The molecular formula is C16H34N2. The van der Waals surface area contributed by atoms with Crippen molar-refractivity contribution in [3.8, 4) is 0 Å². The van der Waals surface area contributed by atoms with E-state index in [0.29, 0.717) is 6.04 Å². The van der Waals surface area contributed by atoms with Gasteiger partial charge in [0.25, 0.3) is 0 Å². The van der Waals surface area contributed by atoms with Gasteiger partial charge in [-0.25, -0.2) is 0 Å². The minimum absolute atomic E-state index is 0.262. The average Bonchev–Trinajstić information content (AvgIpc) is 2.55. The SMILES string of the molecule is CCCC(C)CC(N)C1(N(C)C)CCCCCC1. The Kier molecular flexibility index (Phi) is 6.65. The van der Waals surface area contributed by atoms with Crippen molar-refractivity contribution in [3.05, 3.63) is 0 Å². The van der Waals surface area contributed by atoms with Gasteiger partial charge in [-0.3, -0.25) is 0 Å². The van der Waals surface area contributed by atoms with Crippen molar-refractivity contribution in [2.75, 3.05) is 14.1 Å². The lowest BCUT2D eigenvalue weighted by Gasteiger charge is -2.45. The highest BCUT2D eigenvalue weighted by molar-refractivity contribution is 4.98. The van der Waals surface area contributed by atoms with Crippen molar-refractivity contribution in [1.82, 2.24) is 4.90 Å². The topological polar surface area (TPSA) is 29.3 Å². The Balaban J connectivity index is 2.69. The van der Waals surface area contributed by atoms with E-state index in [2.05, 4.69) is 32.8 Å². The highest BCUT2D eigenvalue weighted by Crippen LogP contribution is 2.35. The van der Waals surface area contributed by atoms with Gasteiger partial charge in [0.2, 0.25) is 0 Å². The van der Waals surface area contributed by atoms with E-state index in [0.717, 1.165) is 5.92 Å². The number of rotatable bonds is 6. The molecule has 0 aromatic carbocycles. The summed E-state index contributed by atoms with van der Waals surface area (Å²) >= 11 is 0. The first-order valence-corrected chi connectivity index (χ1v) is 7.96. The van der Waals surface area contributed by atoms with Crippen LogP contribution in [0.3, 0.4) is 0 Å². The molecule has 1 aliphatic rings. The molecule has 0 aromatic heterocycles. The van der Waals surface area contributed by atoms with Gasteiger partial charge in [0, 0.05) is 11.6 Å². The minimum atomic E-state index is 0.262. The molecule has 2 atom stereocenters. The third kappa shape index (κ3) is 3.96. The molecule has 2 N–H and O–H groups in total. The lowest BCUT2D eigenvalue weighted by Crippen LogP contribution is -2.57. The average molecular weight is 254 g/mol. The summed E-state index contributed by atoms with van der Waals surface area (Å²) in [5, 5.41) is 0. The van der Waals surface area contributed by atoms with Gasteiger partial charge >= 0.3 is 0 Å². The van der Waals surface area contributed by atoms with Crippen LogP contribution in [0.2, 0.25) is 0 Å². The first-order chi connectivity index (χ1) is 8.53. The molecule has 1 fully saturated rings. The van der Waals surface area contributed by atoms with Crippen molar-refractivity contribution in [1.29, 1.82) is 0 Å². The van der Waals surface area contributed by atoms with E-state index in [1.165, 1.54) is 57.8 Å². The molecular weight excluding hydrogens is 220 g/mol. The Morgan fingerprint density at radius 2 is 1.67 bits per heavy atom. The number of likely N-dealkylation sites (N-methyl/N-ethyl adjacent to an activating group) is 1. The number of nitrogens with two attached hydrogens (primary N) is 1. The number of nitrogens with zero attached hydrogens (tertiary/aromatic N) is 1. The summed E-state index contributed by atoms with van der Waals surface area (Å²) in [6, 6.07) is 0.340. The Hall–Kier alpha value is -0.0800. The molecule has 0 amide bonds. The summed E-state index contributed by atoms with van der Waals surface area (Å²) < 4.78 is 0. The first-order valence-electron chi connectivity index (χ1n) is 7.96. The standard InChI is InChI=1S/C16H34N2/c1-5-10-14(2)13-15(17)16(18(3)4)11-8-6-7-9-12-16/h14-15H,5-13,17H2,1-4H3. The first kappa shape index (κ1) is 16.0. The highest BCUT2D eigenvalue weighted by atomic mass is 15.2. The molecule has 0 heterocycles. The van der Waals surface area contributed by atoms with E-state index in [1.54, 1.807) is 0 Å². The van der Waals surface area contributed by atoms with Gasteiger partial charge in [-0.2, -0.15) is 0 Å². The summed E-state index contributed by atoms with van der Waals surface area (Å²) in [5.41, 5.74) is 6.91. The largest absolute Gasteiger partial charge is 0.326 e. The van der Waals surface area contributed by atoms with E-state index in [4.69, 9.17) is 5.73 Å². The van der Waals surface area contributed by atoms with E-state index in [-0.39, 0.29) is 5.54 Å². The molecule has 18 heavy (non-hydrogen) atoms. The zero-order chi connectivity index (χ0) is 13.6. The fraction of sp³-hybridized carbons (Fsp3) is 1.00. The van der Waals surface area contributed by atoms with Crippen LogP contribution in [0, 0.1) is 5.92 Å². The van der Waals surface area contributed by atoms with E-state index >= 15 is 0 Å². The zero-order valence-electron chi connectivity index (χ0n) is 13.0. The lowest BCUT2D eigenvalue weighted by atomic mass is 9.77. The van der Waals surface area contributed by atoms with E-state index in [9.17, 15) is 0 Å². The fourth-order valence-electron chi connectivity index (χ4n) is 3.75. The maximum Gasteiger partial charge on any atom is 0.0354 e. The Morgan fingerprint density at radius 1 is 1.11 bits per heavy atom. The van der Waals surface area contributed by atoms with Crippen LogP contribution in [-0.2, 0) is 0 Å². The van der Waals surface area contributed by atoms with Gasteiger partial charge in [0.1, 0.15) is 0 Å². The van der Waals surface area contributed by atoms with Crippen LogP contribution in [0.4, 0.5) is 0 Å². The molecule has 0 spiro atoms. The zero-order valence-corrected chi connectivity index (χ0v) is 13.0. The quantitative estimate of drug-likeness (QED) is 0.731. The van der Waals surface area contributed by atoms with Crippen LogP contribution < -0.4 is 5.73 Å². The summed E-state index contributed by atoms with van der Waals surface area (Å²) in [6.07, 6.45) is 11.9. The molecule has 1 rings (SSSR count). The third-order valence-electron chi connectivity index (χ3n) is 4.99. The monoisotopic (exact) mass is 254 g/mol. The molecule has 2 nitrogen and oxygen atoms in total. The predicted octanol–water partition coefficient (Wildman–Crippen LogP) is 3.79. The number of hydrogen-bond acceptors (Lipinski definition) is 2. The molecule has 108 valence electrons. The molecule has 0 bridgehead atoms. The van der Waals surface area contributed by atoms with Gasteiger partial charge in [0.05, 0.1) is 0 Å². The van der Waals surface area contributed by atoms with E-state index in [1.807, 2.05) is 0 Å². The summed E-state index contributed by atoms with van der Waals surface area (Å²) in [7, 11) is 4.46. The van der Waals surface area contributed by atoms with Crippen LogP contribution in [0.5, 0.6) is 0 Å². The van der Waals surface area contributed by atoms with Crippen molar-refractivity contribution < 1.29 is 0 Å². The molecule has 1 aliphatic carbocycles. The minimum Gasteiger partial charge on any atom is -0.326 e. The van der Waals surface area contributed by atoms with Crippen molar-refractivity contribution >= 4 is 0 Å². The van der Waals surface area contributed by atoms with Crippen molar-refractivity contribution in [2.24, 2.45) is 11.7 Å². The summed E-state index contributed by atoms with van der Waals surface area (Å²) in [5.74, 6) is 0.769. The number of hydrogen-bond donors (Lipinski definition) is 1. The maximum absolute atomic E-state index is 6.64. The second-order valence-electron chi connectivity index (χ2n) is 6.65. The summed E-state index contributed by atoms with van der Waals surface area (Å²) in [4.78, 5) is 2.43. The Labute approximate surface area is 114 Å². The van der Waals surface area contributed by atoms with Crippen LogP contribution >= 0.6 is 0 Å². The summed E-state index contributed by atoms with van der Waals surface area (Å²) in [6.45, 7) is 4.64. The Morgan fingerprint density at radius 3 is 2.11 bits per heavy atom. The van der Waals surface area contributed by atoms with Crippen LogP contribution in [0.1, 0.15) is 71.6 Å². The molecule has 0 aromatic rings. The second kappa shape index (κ2) is 7.49. The van der Waals surface area contributed by atoms with Gasteiger partial charge in [0.15, 0.2) is 0 Å². The van der Waals surface area contributed by atoms with Crippen LogP contribution in [-0.4, -0.2) is 30.6 Å². The lowest BCUT2D eigenvalue weighted by molar-refractivity contribution is 0.0861. The molecule has 0 radical (unpaired) electrons. The molecule has 0 aliphatic heterocycles. The molecule has 2 unspecified atom stereocenters. The molecule has 2 heteroatoms. The molecule has 1 saturated carbocycles.